The van der Waals surface area contributed by atoms with Gasteiger partial charge in [0.05, 0.1) is 5.56 Å². The summed E-state index contributed by atoms with van der Waals surface area (Å²) in [6.45, 7) is 4.56. The summed E-state index contributed by atoms with van der Waals surface area (Å²) in [5.41, 5.74) is 7.35. The zero-order chi connectivity index (χ0) is 12.3. The number of piperidine rings is 1. The molecule has 90 valence electrons. The SMILES string of the molecule is Cc1ccc(C#N)c(N2CCCC(CN)C2)n1. The van der Waals surface area contributed by atoms with E-state index < -0.39 is 0 Å². The monoisotopic (exact) mass is 230 g/mol. The molecule has 17 heavy (non-hydrogen) atoms. The van der Waals surface area contributed by atoms with Crippen molar-refractivity contribution in [3.05, 3.63) is 23.4 Å². The standard InChI is InChI=1S/C13H18N4/c1-10-4-5-12(8-15)13(16-10)17-6-2-3-11(7-14)9-17/h4-5,11H,2-3,6-7,9,14H2,1H3. The van der Waals surface area contributed by atoms with Gasteiger partial charge in [-0.05, 0) is 44.4 Å². The quantitative estimate of drug-likeness (QED) is 0.834. The molecule has 1 aliphatic heterocycles. The van der Waals surface area contributed by atoms with E-state index in [4.69, 9.17) is 11.0 Å². The normalized spacial score (nSPS) is 20.1. The van der Waals surface area contributed by atoms with Gasteiger partial charge in [-0.25, -0.2) is 4.98 Å². The highest BCUT2D eigenvalue weighted by atomic mass is 15.2. The maximum Gasteiger partial charge on any atom is 0.146 e. The van der Waals surface area contributed by atoms with Crippen molar-refractivity contribution in [2.75, 3.05) is 24.5 Å². The first-order valence-corrected chi connectivity index (χ1v) is 6.07. The highest BCUT2D eigenvalue weighted by molar-refractivity contribution is 5.54. The van der Waals surface area contributed by atoms with Crippen molar-refractivity contribution in [3.8, 4) is 6.07 Å². The van der Waals surface area contributed by atoms with E-state index in [9.17, 15) is 0 Å². The molecule has 1 aromatic rings. The van der Waals surface area contributed by atoms with E-state index in [2.05, 4.69) is 16.0 Å². The van der Waals surface area contributed by atoms with Crippen molar-refractivity contribution in [3.63, 3.8) is 0 Å². The molecule has 1 atom stereocenters. The third-order valence-corrected chi connectivity index (χ3v) is 3.29. The Bertz CT molecular complexity index is 436. The lowest BCUT2D eigenvalue weighted by Crippen LogP contribution is -2.39. The lowest BCUT2D eigenvalue weighted by molar-refractivity contribution is 0.421. The van der Waals surface area contributed by atoms with E-state index in [1.54, 1.807) is 0 Å². The summed E-state index contributed by atoms with van der Waals surface area (Å²) in [5.74, 6) is 1.35. The van der Waals surface area contributed by atoms with Gasteiger partial charge >= 0.3 is 0 Å². The van der Waals surface area contributed by atoms with Crippen molar-refractivity contribution in [1.82, 2.24) is 4.98 Å². The molecule has 0 bridgehead atoms. The number of aromatic nitrogens is 1. The zero-order valence-corrected chi connectivity index (χ0v) is 10.2. The van der Waals surface area contributed by atoms with E-state index in [-0.39, 0.29) is 0 Å². The molecule has 0 amide bonds. The van der Waals surface area contributed by atoms with Gasteiger partial charge in [0.15, 0.2) is 0 Å². The number of rotatable bonds is 2. The second-order valence-corrected chi connectivity index (χ2v) is 4.63. The Kier molecular flexibility index (Phi) is 3.60. The molecule has 1 aliphatic rings. The van der Waals surface area contributed by atoms with Gasteiger partial charge in [0.1, 0.15) is 11.9 Å². The van der Waals surface area contributed by atoms with Gasteiger partial charge in [-0.3, -0.25) is 0 Å². The Morgan fingerprint density at radius 2 is 2.41 bits per heavy atom. The second kappa shape index (κ2) is 5.15. The maximum atomic E-state index is 9.12. The van der Waals surface area contributed by atoms with Crippen LogP contribution in [-0.2, 0) is 0 Å². The number of pyridine rings is 1. The molecule has 1 saturated heterocycles. The molecule has 4 heteroatoms. The summed E-state index contributed by atoms with van der Waals surface area (Å²) in [7, 11) is 0. The van der Waals surface area contributed by atoms with Crippen LogP contribution < -0.4 is 10.6 Å². The van der Waals surface area contributed by atoms with Gasteiger partial charge in [0.25, 0.3) is 0 Å². The molecule has 2 N–H and O–H groups in total. The minimum absolute atomic E-state index is 0.526. The summed E-state index contributed by atoms with van der Waals surface area (Å²) in [5, 5.41) is 9.12. The minimum atomic E-state index is 0.526. The molecule has 0 spiro atoms. The van der Waals surface area contributed by atoms with Crippen LogP contribution in [0.3, 0.4) is 0 Å². The smallest absolute Gasteiger partial charge is 0.146 e. The molecule has 0 aromatic carbocycles. The number of nitrogens with two attached hydrogens (primary N) is 1. The largest absolute Gasteiger partial charge is 0.355 e. The molecular formula is C13H18N4. The van der Waals surface area contributed by atoms with E-state index in [0.29, 0.717) is 18.0 Å². The summed E-state index contributed by atoms with van der Waals surface area (Å²) >= 11 is 0. The van der Waals surface area contributed by atoms with Crippen LogP contribution in [0.25, 0.3) is 0 Å². The molecule has 0 saturated carbocycles. The lowest BCUT2D eigenvalue weighted by atomic mass is 9.98. The van der Waals surface area contributed by atoms with E-state index in [1.165, 1.54) is 6.42 Å². The van der Waals surface area contributed by atoms with Crippen LogP contribution in [0, 0.1) is 24.2 Å². The molecule has 1 unspecified atom stereocenters. The third-order valence-electron chi connectivity index (χ3n) is 3.29. The number of aryl methyl sites for hydroxylation is 1. The predicted octanol–water partition coefficient (Wildman–Crippen LogP) is 1.44. The average Bonchev–Trinajstić information content (AvgIpc) is 2.39. The first-order valence-electron chi connectivity index (χ1n) is 6.07. The summed E-state index contributed by atoms with van der Waals surface area (Å²) in [6.07, 6.45) is 2.31. The molecule has 1 fully saturated rings. The molecule has 1 aromatic heterocycles. The van der Waals surface area contributed by atoms with Gasteiger partial charge in [0.2, 0.25) is 0 Å². The number of nitrogens with zero attached hydrogens (tertiary/aromatic N) is 3. The van der Waals surface area contributed by atoms with Crippen molar-refractivity contribution < 1.29 is 0 Å². The van der Waals surface area contributed by atoms with Gasteiger partial charge in [-0.1, -0.05) is 0 Å². The maximum absolute atomic E-state index is 9.12. The van der Waals surface area contributed by atoms with Crippen LogP contribution in [0.1, 0.15) is 24.1 Å². The van der Waals surface area contributed by atoms with E-state index >= 15 is 0 Å². The van der Waals surface area contributed by atoms with Crippen molar-refractivity contribution in [2.24, 2.45) is 11.7 Å². The topological polar surface area (TPSA) is 65.9 Å². The highest BCUT2D eigenvalue weighted by Crippen LogP contribution is 2.24. The number of hydrogen-bond acceptors (Lipinski definition) is 4. The molecular weight excluding hydrogens is 212 g/mol. The van der Waals surface area contributed by atoms with Crippen LogP contribution in [-0.4, -0.2) is 24.6 Å². The number of nitriles is 1. The van der Waals surface area contributed by atoms with E-state index in [1.807, 2.05) is 19.1 Å². The van der Waals surface area contributed by atoms with Crippen LogP contribution in [0.5, 0.6) is 0 Å². The average molecular weight is 230 g/mol. The third kappa shape index (κ3) is 2.56. The van der Waals surface area contributed by atoms with Gasteiger partial charge < -0.3 is 10.6 Å². The van der Waals surface area contributed by atoms with Gasteiger partial charge in [-0.15, -0.1) is 0 Å². The first-order chi connectivity index (χ1) is 8.24. The highest BCUT2D eigenvalue weighted by Gasteiger charge is 2.21. The summed E-state index contributed by atoms with van der Waals surface area (Å²) < 4.78 is 0. The fourth-order valence-corrected chi connectivity index (χ4v) is 2.32. The fraction of sp³-hybridized carbons (Fsp3) is 0.538. The minimum Gasteiger partial charge on any atom is -0.355 e. The Labute approximate surface area is 102 Å². The molecule has 2 rings (SSSR count). The van der Waals surface area contributed by atoms with Crippen LogP contribution >= 0.6 is 0 Å². The lowest BCUT2D eigenvalue weighted by Gasteiger charge is -2.33. The van der Waals surface area contributed by atoms with Crippen molar-refractivity contribution in [1.29, 1.82) is 5.26 Å². The van der Waals surface area contributed by atoms with E-state index in [0.717, 1.165) is 31.0 Å². The summed E-state index contributed by atoms with van der Waals surface area (Å²) in [4.78, 5) is 6.70. The van der Waals surface area contributed by atoms with Crippen molar-refractivity contribution >= 4 is 5.82 Å². The number of anilines is 1. The molecule has 0 aliphatic carbocycles. The summed E-state index contributed by atoms with van der Waals surface area (Å²) in [6, 6.07) is 5.95. The second-order valence-electron chi connectivity index (χ2n) is 4.63. The van der Waals surface area contributed by atoms with Crippen LogP contribution in [0.2, 0.25) is 0 Å². The zero-order valence-electron chi connectivity index (χ0n) is 10.2. The first kappa shape index (κ1) is 11.9. The van der Waals surface area contributed by atoms with Gasteiger partial charge in [-0.2, -0.15) is 5.26 Å². The van der Waals surface area contributed by atoms with Crippen LogP contribution in [0.15, 0.2) is 12.1 Å². The van der Waals surface area contributed by atoms with Gasteiger partial charge in [0, 0.05) is 18.8 Å². The number of hydrogen-bond donors (Lipinski definition) is 1. The predicted molar refractivity (Wildman–Crippen MR) is 67.7 cm³/mol. The molecule has 0 radical (unpaired) electrons. The van der Waals surface area contributed by atoms with Crippen LogP contribution in [0.4, 0.5) is 5.82 Å². The Morgan fingerprint density at radius 1 is 1.59 bits per heavy atom. The van der Waals surface area contributed by atoms with Crippen molar-refractivity contribution in [2.45, 2.75) is 19.8 Å². The molecule has 4 nitrogen and oxygen atoms in total. The Balaban J connectivity index is 2.27. The molecule has 2 heterocycles. The Hall–Kier alpha value is -1.60. The Morgan fingerprint density at radius 3 is 3.12 bits per heavy atom. The fourth-order valence-electron chi connectivity index (χ4n) is 2.32.